The number of rotatable bonds is 5. The maximum atomic E-state index is 11.4. The van der Waals surface area contributed by atoms with Crippen LogP contribution in [0.2, 0.25) is 0 Å². The molecule has 0 aliphatic heterocycles. The molecule has 0 saturated heterocycles. The molecule has 0 aromatic carbocycles. The third-order valence-corrected chi connectivity index (χ3v) is 2.41. The fourth-order valence-electron chi connectivity index (χ4n) is 1.29. The molecule has 15 heavy (non-hydrogen) atoms. The maximum absolute atomic E-state index is 11.4. The van der Waals surface area contributed by atoms with Crippen molar-refractivity contribution in [2.45, 2.75) is 39.2 Å². The summed E-state index contributed by atoms with van der Waals surface area (Å²) in [5, 5.41) is 9.31. The Labute approximate surface area is 90.2 Å². The molecule has 1 rings (SSSR count). The Morgan fingerprint density at radius 2 is 2.20 bits per heavy atom. The van der Waals surface area contributed by atoms with Gasteiger partial charge >= 0.3 is 0 Å². The third kappa shape index (κ3) is 3.44. The van der Waals surface area contributed by atoms with Crippen molar-refractivity contribution in [1.82, 2.24) is 4.98 Å². The number of carbonyl (C=O) groups is 1. The molecule has 0 saturated carbocycles. The highest BCUT2D eigenvalue weighted by Gasteiger charge is 2.13. The first-order valence-corrected chi connectivity index (χ1v) is 5.32. The van der Waals surface area contributed by atoms with Crippen molar-refractivity contribution in [3.63, 3.8) is 0 Å². The largest absolute Gasteiger partial charge is 0.385 e. The van der Waals surface area contributed by atoms with E-state index >= 15 is 0 Å². The molecule has 0 aliphatic rings. The van der Waals surface area contributed by atoms with E-state index in [4.69, 9.17) is 0 Å². The van der Waals surface area contributed by atoms with E-state index in [2.05, 4.69) is 11.9 Å². The zero-order valence-corrected chi connectivity index (χ0v) is 9.23. The first kappa shape index (κ1) is 11.9. The highest BCUT2D eigenvalue weighted by atomic mass is 16.3. The smallest absolute Gasteiger partial charge is 0.167 e. The van der Waals surface area contributed by atoms with E-state index in [9.17, 15) is 9.90 Å². The zero-order chi connectivity index (χ0) is 11.3. The molecule has 0 radical (unpaired) electrons. The summed E-state index contributed by atoms with van der Waals surface area (Å²) in [4.78, 5) is 15.6. The predicted molar refractivity (Wildman–Crippen MR) is 58.6 cm³/mol. The molecular formula is C12H17NO2. The quantitative estimate of drug-likeness (QED) is 0.796. The van der Waals surface area contributed by atoms with Crippen LogP contribution in [0.1, 0.15) is 31.5 Å². The highest BCUT2D eigenvalue weighted by molar-refractivity contribution is 5.84. The van der Waals surface area contributed by atoms with Gasteiger partial charge in [0.15, 0.2) is 5.78 Å². The fraction of sp³-hybridized carbons (Fsp3) is 0.500. The molecule has 3 heteroatoms. The van der Waals surface area contributed by atoms with Crippen molar-refractivity contribution in [2.24, 2.45) is 0 Å². The van der Waals surface area contributed by atoms with E-state index in [0.717, 1.165) is 17.7 Å². The lowest BCUT2D eigenvalue weighted by molar-refractivity contribution is -0.126. The van der Waals surface area contributed by atoms with Crippen LogP contribution in [-0.4, -0.2) is 22.0 Å². The summed E-state index contributed by atoms with van der Waals surface area (Å²) in [6, 6.07) is 3.81. The zero-order valence-electron chi connectivity index (χ0n) is 9.23. The Hall–Kier alpha value is -1.22. The summed E-state index contributed by atoms with van der Waals surface area (Å²) >= 11 is 0. The molecule has 0 fully saturated rings. The number of Topliss-reactive ketones (excluding diaryl/α,β-unsaturated/α-hetero) is 1. The van der Waals surface area contributed by atoms with Gasteiger partial charge in [-0.3, -0.25) is 9.78 Å². The van der Waals surface area contributed by atoms with E-state index < -0.39 is 6.10 Å². The number of aromatic nitrogens is 1. The van der Waals surface area contributed by atoms with E-state index in [1.807, 2.05) is 12.1 Å². The highest BCUT2D eigenvalue weighted by Crippen LogP contribution is 2.04. The molecule has 1 N–H and O–H groups in total. The number of aliphatic hydroxyl groups excluding tert-OH is 1. The van der Waals surface area contributed by atoms with Crippen molar-refractivity contribution in [1.29, 1.82) is 0 Å². The Kier molecular flexibility index (Phi) is 4.43. The Morgan fingerprint density at radius 3 is 2.67 bits per heavy atom. The van der Waals surface area contributed by atoms with Crippen LogP contribution in [0, 0.1) is 0 Å². The Balaban J connectivity index is 2.61. The molecule has 1 aromatic heterocycles. The van der Waals surface area contributed by atoms with Crippen LogP contribution >= 0.6 is 0 Å². The van der Waals surface area contributed by atoms with Gasteiger partial charge in [-0.2, -0.15) is 0 Å². The number of ketones is 1. The van der Waals surface area contributed by atoms with Crippen molar-refractivity contribution >= 4 is 5.78 Å². The summed E-state index contributed by atoms with van der Waals surface area (Å²) in [5.41, 5.74) is 1.88. The molecule has 1 heterocycles. The van der Waals surface area contributed by atoms with Crippen LogP contribution in [0.4, 0.5) is 0 Å². The third-order valence-electron chi connectivity index (χ3n) is 2.41. The molecule has 1 aromatic rings. The topological polar surface area (TPSA) is 50.2 Å². The lowest BCUT2D eigenvalue weighted by Gasteiger charge is -2.06. The van der Waals surface area contributed by atoms with Gasteiger partial charge in [-0.05, 0) is 24.5 Å². The van der Waals surface area contributed by atoms with Crippen LogP contribution in [-0.2, 0) is 17.6 Å². The number of hydrogen-bond acceptors (Lipinski definition) is 3. The van der Waals surface area contributed by atoms with Crippen molar-refractivity contribution in [2.75, 3.05) is 0 Å². The van der Waals surface area contributed by atoms with Gasteiger partial charge in [-0.1, -0.05) is 19.9 Å². The average Bonchev–Trinajstić information content (AvgIpc) is 2.29. The van der Waals surface area contributed by atoms with Crippen LogP contribution in [0.5, 0.6) is 0 Å². The summed E-state index contributed by atoms with van der Waals surface area (Å²) in [7, 11) is 0. The lowest BCUT2D eigenvalue weighted by atomic mass is 10.1. The van der Waals surface area contributed by atoms with E-state index in [1.54, 1.807) is 13.1 Å². The summed E-state index contributed by atoms with van der Waals surface area (Å²) in [6.45, 7) is 3.85. The molecule has 1 unspecified atom stereocenters. The summed E-state index contributed by atoms with van der Waals surface area (Å²) in [5.74, 6) is -0.158. The SMILES string of the molecule is CCc1ccc(CC(=O)C(O)CC)nc1. The van der Waals surface area contributed by atoms with Gasteiger partial charge in [0.25, 0.3) is 0 Å². The normalized spacial score (nSPS) is 12.5. The number of pyridine rings is 1. The number of aryl methyl sites for hydroxylation is 1. The number of aliphatic hydroxyl groups is 1. The number of hydrogen-bond donors (Lipinski definition) is 1. The monoisotopic (exact) mass is 207 g/mol. The first-order valence-electron chi connectivity index (χ1n) is 5.32. The van der Waals surface area contributed by atoms with Crippen LogP contribution < -0.4 is 0 Å². The molecule has 0 bridgehead atoms. The maximum Gasteiger partial charge on any atom is 0.167 e. The molecule has 0 aliphatic carbocycles. The van der Waals surface area contributed by atoms with E-state index in [0.29, 0.717) is 6.42 Å². The molecule has 0 spiro atoms. The Morgan fingerprint density at radius 1 is 1.47 bits per heavy atom. The number of nitrogens with zero attached hydrogens (tertiary/aromatic N) is 1. The van der Waals surface area contributed by atoms with Gasteiger partial charge in [-0.15, -0.1) is 0 Å². The van der Waals surface area contributed by atoms with Gasteiger partial charge in [0.1, 0.15) is 6.10 Å². The standard InChI is InChI=1S/C12H17NO2/c1-3-9-5-6-10(13-8-9)7-12(15)11(14)4-2/h5-6,8,11,14H,3-4,7H2,1-2H3. The first-order chi connectivity index (χ1) is 7.17. The van der Waals surface area contributed by atoms with Crippen molar-refractivity contribution in [3.05, 3.63) is 29.6 Å². The summed E-state index contributed by atoms with van der Waals surface area (Å²) < 4.78 is 0. The minimum Gasteiger partial charge on any atom is -0.385 e. The average molecular weight is 207 g/mol. The van der Waals surface area contributed by atoms with Crippen molar-refractivity contribution in [3.8, 4) is 0 Å². The van der Waals surface area contributed by atoms with Gasteiger partial charge in [-0.25, -0.2) is 0 Å². The minimum absolute atomic E-state index is 0.158. The molecule has 1 atom stereocenters. The van der Waals surface area contributed by atoms with Crippen LogP contribution in [0.3, 0.4) is 0 Å². The van der Waals surface area contributed by atoms with E-state index in [1.165, 1.54) is 0 Å². The predicted octanol–water partition coefficient (Wildman–Crippen LogP) is 1.53. The van der Waals surface area contributed by atoms with Gasteiger partial charge in [0, 0.05) is 11.9 Å². The van der Waals surface area contributed by atoms with Crippen molar-refractivity contribution < 1.29 is 9.90 Å². The van der Waals surface area contributed by atoms with Crippen LogP contribution in [0.15, 0.2) is 18.3 Å². The molecular weight excluding hydrogens is 190 g/mol. The van der Waals surface area contributed by atoms with Gasteiger partial charge < -0.3 is 5.11 Å². The van der Waals surface area contributed by atoms with Crippen LogP contribution in [0.25, 0.3) is 0 Å². The second-order valence-corrected chi connectivity index (χ2v) is 3.58. The fourth-order valence-corrected chi connectivity index (χ4v) is 1.29. The molecule has 82 valence electrons. The lowest BCUT2D eigenvalue weighted by Crippen LogP contribution is -2.21. The van der Waals surface area contributed by atoms with Gasteiger partial charge in [0.2, 0.25) is 0 Å². The minimum atomic E-state index is -0.849. The number of carbonyl (C=O) groups excluding carboxylic acids is 1. The van der Waals surface area contributed by atoms with Gasteiger partial charge in [0.05, 0.1) is 6.42 Å². The molecule has 0 amide bonds. The van der Waals surface area contributed by atoms with E-state index in [-0.39, 0.29) is 12.2 Å². The molecule has 3 nitrogen and oxygen atoms in total. The second-order valence-electron chi connectivity index (χ2n) is 3.58. The second kappa shape index (κ2) is 5.61. The Bertz CT molecular complexity index is 319. The summed E-state index contributed by atoms with van der Waals surface area (Å²) in [6.07, 6.45) is 2.56.